The van der Waals surface area contributed by atoms with E-state index >= 15 is 0 Å². The van der Waals surface area contributed by atoms with Crippen LogP contribution < -0.4 is 5.32 Å². The maximum Gasteiger partial charge on any atom is 0.336 e. The monoisotopic (exact) mass is 299 g/mol. The molecule has 0 aromatic heterocycles. The van der Waals surface area contributed by atoms with Crippen LogP contribution in [0.3, 0.4) is 0 Å². The molecule has 0 saturated carbocycles. The first-order valence-corrected chi connectivity index (χ1v) is 5.68. The molecule has 1 rings (SSSR count). The van der Waals surface area contributed by atoms with Crippen molar-refractivity contribution in [2.45, 2.75) is 19.4 Å². The molecule has 1 atom stereocenters. The standard InChI is InChI=1S/C12H11BrFNO2/c1-3-4-7(2)15-9-6-5-8(12(16)17)10(13)11(9)14/h1,5-7,15H,4H2,2H3,(H,16,17). The lowest BCUT2D eigenvalue weighted by Gasteiger charge is -2.14. The van der Waals surface area contributed by atoms with Gasteiger partial charge in [-0.3, -0.25) is 0 Å². The molecule has 1 aromatic carbocycles. The Labute approximate surface area is 107 Å². The first kappa shape index (κ1) is 13.5. The van der Waals surface area contributed by atoms with Crippen molar-refractivity contribution in [2.24, 2.45) is 0 Å². The zero-order chi connectivity index (χ0) is 13.0. The minimum absolute atomic E-state index is 0.0668. The number of halogens is 2. The average molecular weight is 300 g/mol. The molecule has 5 heteroatoms. The molecule has 0 spiro atoms. The summed E-state index contributed by atoms with van der Waals surface area (Å²) in [7, 11) is 0. The molecule has 17 heavy (non-hydrogen) atoms. The Hall–Kier alpha value is -1.54. The first-order valence-electron chi connectivity index (χ1n) is 4.88. The summed E-state index contributed by atoms with van der Waals surface area (Å²) in [5.74, 6) is 0.648. The molecule has 0 radical (unpaired) electrons. The predicted molar refractivity (Wildman–Crippen MR) is 67.6 cm³/mol. The van der Waals surface area contributed by atoms with Gasteiger partial charge in [0.1, 0.15) is 0 Å². The van der Waals surface area contributed by atoms with Gasteiger partial charge in [0.15, 0.2) is 5.82 Å². The van der Waals surface area contributed by atoms with Crippen LogP contribution in [-0.2, 0) is 0 Å². The maximum absolute atomic E-state index is 13.8. The van der Waals surface area contributed by atoms with Gasteiger partial charge in [-0.05, 0) is 35.0 Å². The van der Waals surface area contributed by atoms with Gasteiger partial charge >= 0.3 is 5.97 Å². The Kier molecular flexibility index (Phi) is 4.53. The van der Waals surface area contributed by atoms with Crippen LogP contribution >= 0.6 is 15.9 Å². The smallest absolute Gasteiger partial charge is 0.336 e. The van der Waals surface area contributed by atoms with Gasteiger partial charge < -0.3 is 10.4 Å². The molecule has 2 N–H and O–H groups in total. The molecule has 1 unspecified atom stereocenters. The summed E-state index contributed by atoms with van der Waals surface area (Å²) < 4.78 is 13.7. The predicted octanol–water partition coefficient (Wildman–Crippen LogP) is 3.11. The zero-order valence-corrected chi connectivity index (χ0v) is 10.7. The minimum Gasteiger partial charge on any atom is -0.478 e. The molecule has 90 valence electrons. The quantitative estimate of drug-likeness (QED) is 0.840. The van der Waals surface area contributed by atoms with E-state index in [9.17, 15) is 9.18 Å². The van der Waals surface area contributed by atoms with Crippen molar-refractivity contribution in [1.29, 1.82) is 0 Å². The van der Waals surface area contributed by atoms with Gasteiger partial charge in [0, 0.05) is 12.5 Å². The van der Waals surface area contributed by atoms with Gasteiger partial charge in [0.25, 0.3) is 0 Å². The molecule has 0 aliphatic heterocycles. The summed E-state index contributed by atoms with van der Waals surface area (Å²) in [6, 6.07) is 2.63. The minimum atomic E-state index is -1.18. The van der Waals surface area contributed by atoms with Gasteiger partial charge in [0.2, 0.25) is 0 Å². The molecule has 1 aromatic rings. The number of rotatable bonds is 4. The number of aromatic carboxylic acids is 1. The van der Waals surface area contributed by atoms with E-state index in [0.29, 0.717) is 6.42 Å². The topological polar surface area (TPSA) is 49.3 Å². The van der Waals surface area contributed by atoms with Crippen LogP contribution in [0, 0.1) is 18.2 Å². The van der Waals surface area contributed by atoms with Crippen molar-refractivity contribution in [3.05, 3.63) is 28.0 Å². The summed E-state index contributed by atoms with van der Waals surface area (Å²) >= 11 is 2.92. The number of hydrogen-bond acceptors (Lipinski definition) is 2. The van der Waals surface area contributed by atoms with Crippen LogP contribution in [0.2, 0.25) is 0 Å². The number of carbonyl (C=O) groups is 1. The number of hydrogen-bond donors (Lipinski definition) is 2. The normalized spacial score (nSPS) is 11.6. The molecule has 0 bridgehead atoms. The van der Waals surface area contributed by atoms with Crippen LogP contribution in [0.1, 0.15) is 23.7 Å². The van der Waals surface area contributed by atoms with E-state index in [1.165, 1.54) is 12.1 Å². The molecule has 0 saturated heterocycles. The molecule has 0 aliphatic rings. The number of benzene rings is 1. The second-order valence-corrected chi connectivity index (χ2v) is 4.34. The Bertz CT molecular complexity index is 482. The van der Waals surface area contributed by atoms with Gasteiger partial charge in [-0.25, -0.2) is 9.18 Å². The molecule has 0 amide bonds. The second-order valence-electron chi connectivity index (χ2n) is 3.55. The largest absolute Gasteiger partial charge is 0.478 e. The highest BCUT2D eigenvalue weighted by Gasteiger charge is 2.16. The number of carboxylic acids is 1. The molecule has 0 fully saturated rings. The lowest BCUT2D eigenvalue weighted by atomic mass is 10.1. The van der Waals surface area contributed by atoms with E-state index in [-0.39, 0.29) is 21.8 Å². The Morgan fingerprint density at radius 1 is 1.71 bits per heavy atom. The van der Waals surface area contributed by atoms with Crippen LogP contribution in [0.15, 0.2) is 16.6 Å². The van der Waals surface area contributed by atoms with Gasteiger partial charge in [0.05, 0.1) is 15.7 Å². The van der Waals surface area contributed by atoms with Crippen LogP contribution in [-0.4, -0.2) is 17.1 Å². The first-order chi connectivity index (χ1) is 7.97. The Morgan fingerprint density at radius 2 is 2.35 bits per heavy atom. The lowest BCUT2D eigenvalue weighted by Crippen LogP contribution is -2.15. The third kappa shape index (κ3) is 3.21. The molecular formula is C12H11BrFNO2. The lowest BCUT2D eigenvalue weighted by molar-refractivity contribution is 0.0695. The fourth-order valence-corrected chi connectivity index (χ4v) is 1.83. The second kappa shape index (κ2) is 5.69. The van der Waals surface area contributed by atoms with Gasteiger partial charge in [-0.1, -0.05) is 0 Å². The van der Waals surface area contributed by atoms with Crippen molar-refractivity contribution in [1.82, 2.24) is 0 Å². The van der Waals surface area contributed by atoms with E-state index in [0.717, 1.165) is 0 Å². The van der Waals surface area contributed by atoms with Crippen LogP contribution in [0.5, 0.6) is 0 Å². The van der Waals surface area contributed by atoms with E-state index < -0.39 is 11.8 Å². The van der Waals surface area contributed by atoms with Crippen LogP contribution in [0.4, 0.5) is 10.1 Å². The van der Waals surface area contributed by atoms with E-state index in [4.69, 9.17) is 11.5 Å². The average Bonchev–Trinajstić information content (AvgIpc) is 2.25. The third-order valence-electron chi connectivity index (χ3n) is 2.14. The number of carboxylic acid groups (broad SMARTS) is 1. The highest BCUT2D eigenvalue weighted by molar-refractivity contribution is 9.10. The highest BCUT2D eigenvalue weighted by atomic mass is 79.9. The maximum atomic E-state index is 13.8. The van der Waals surface area contributed by atoms with E-state index in [1.54, 1.807) is 0 Å². The molecule has 0 aliphatic carbocycles. The summed E-state index contributed by atoms with van der Waals surface area (Å²) in [6.45, 7) is 1.82. The molecule has 0 heterocycles. The zero-order valence-electron chi connectivity index (χ0n) is 9.13. The van der Waals surface area contributed by atoms with Crippen molar-refractivity contribution < 1.29 is 14.3 Å². The van der Waals surface area contributed by atoms with E-state index in [2.05, 4.69) is 27.2 Å². The fraction of sp³-hybridized carbons (Fsp3) is 0.250. The van der Waals surface area contributed by atoms with Crippen molar-refractivity contribution in [3.8, 4) is 12.3 Å². The summed E-state index contributed by atoms with van der Waals surface area (Å²) in [5, 5.41) is 11.7. The number of nitrogens with one attached hydrogen (secondary N) is 1. The number of terminal acetylenes is 1. The van der Waals surface area contributed by atoms with Crippen molar-refractivity contribution >= 4 is 27.6 Å². The Balaban J connectivity index is 3.01. The summed E-state index contributed by atoms with van der Waals surface area (Å²) in [5.41, 5.74) is 0.113. The molecule has 3 nitrogen and oxygen atoms in total. The fourth-order valence-electron chi connectivity index (χ4n) is 1.32. The van der Waals surface area contributed by atoms with Gasteiger partial charge in [-0.2, -0.15) is 0 Å². The van der Waals surface area contributed by atoms with Crippen molar-refractivity contribution in [3.63, 3.8) is 0 Å². The van der Waals surface area contributed by atoms with Crippen LogP contribution in [0.25, 0.3) is 0 Å². The highest BCUT2D eigenvalue weighted by Crippen LogP contribution is 2.27. The van der Waals surface area contributed by atoms with E-state index in [1.807, 2.05) is 6.92 Å². The Morgan fingerprint density at radius 3 is 2.88 bits per heavy atom. The summed E-state index contributed by atoms with van der Waals surface area (Å²) in [6.07, 6.45) is 5.60. The van der Waals surface area contributed by atoms with Crippen molar-refractivity contribution in [2.75, 3.05) is 5.32 Å². The third-order valence-corrected chi connectivity index (χ3v) is 2.91. The SMILES string of the molecule is C#CCC(C)Nc1ccc(C(=O)O)c(Br)c1F. The summed E-state index contributed by atoms with van der Waals surface area (Å²) in [4.78, 5) is 10.8. The molecular weight excluding hydrogens is 289 g/mol. The number of anilines is 1. The van der Waals surface area contributed by atoms with Gasteiger partial charge in [-0.15, -0.1) is 12.3 Å².